The van der Waals surface area contributed by atoms with Gasteiger partial charge in [-0.15, -0.1) is 0 Å². The summed E-state index contributed by atoms with van der Waals surface area (Å²) < 4.78 is 0. The Morgan fingerprint density at radius 1 is 1.33 bits per heavy atom. The maximum Gasteiger partial charge on any atom is 0.236 e. The van der Waals surface area contributed by atoms with Crippen LogP contribution in [0.3, 0.4) is 0 Å². The molecule has 0 saturated heterocycles. The Morgan fingerprint density at radius 3 is 2.61 bits per heavy atom. The fourth-order valence-electron chi connectivity index (χ4n) is 2.37. The second-order valence-corrected chi connectivity index (χ2v) is 6.87. The van der Waals surface area contributed by atoms with Crippen LogP contribution in [0.15, 0.2) is 0 Å². The van der Waals surface area contributed by atoms with Crippen LogP contribution in [0.1, 0.15) is 46.5 Å². The predicted molar refractivity (Wildman–Crippen MR) is 80.0 cm³/mol. The Kier molecular flexibility index (Phi) is 7.08. The van der Waals surface area contributed by atoms with Gasteiger partial charge in [-0.2, -0.15) is 11.8 Å². The van der Waals surface area contributed by atoms with Gasteiger partial charge in [0.05, 0.1) is 6.04 Å². The quantitative estimate of drug-likeness (QED) is 0.748. The van der Waals surface area contributed by atoms with Crippen LogP contribution in [0.4, 0.5) is 0 Å². The Bertz CT molecular complexity index is 258. The third-order valence-corrected chi connectivity index (χ3v) is 4.71. The summed E-state index contributed by atoms with van der Waals surface area (Å²) in [5.41, 5.74) is 0. The molecule has 3 nitrogen and oxygen atoms in total. The highest BCUT2D eigenvalue weighted by Crippen LogP contribution is 2.28. The van der Waals surface area contributed by atoms with Gasteiger partial charge in [0.25, 0.3) is 0 Å². The summed E-state index contributed by atoms with van der Waals surface area (Å²) in [5.74, 6) is 0.786. The lowest BCUT2D eigenvalue weighted by atomic mass is 10.1. The Balaban J connectivity index is 2.19. The van der Waals surface area contributed by atoms with Gasteiger partial charge in [-0.1, -0.05) is 13.8 Å². The fraction of sp³-hybridized carbons (Fsp3) is 0.929. The van der Waals surface area contributed by atoms with E-state index in [1.54, 1.807) is 0 Å². The molecule has 1 rings (SSSR count). The molecule has 1 fully saturated rings. The van der Waals surface area contributed by atoms with Crippen molar-refractivity contribution in [3.63, 3.8) is 0 Å². The number of rotatable bonds is 7. The Morgan fingerprint density at radius 2 is 2.06 bits per heavy atom. The maximum absolute atomic E-state index is 11.9. The first-order valence-corrected chi connectivity index (χ1v) is 8.38. The van der Waals surface area contributed by atoms with Crippen molar-refractivity contribution >= 4 is 17.7 Å². The zero-order valence-electron chi connectivity index (χ0n) is 12.2. The number of carbonyl (C=O) groups is 1. The first-order chi connectivity index (χ1) is 8.52. The zero-order valence-corrected chi connectivity index (χ0v) is 13.0. The molecule has 1 aliphatic carbocycles. The molecule has 0 heterocycles. The largest absolute Gasteiger partial charge is 0.355 e. The van der Waals surface area contributed by atoms with Crippen LogP contribution in [-0.4, -0.2) is 36.0 Å². The number of amides is 1. The average molecular weight is 272 g/mol. The minimum absolute atomic E-state index is 0.0669. The lowest BCUT2D eigenvalue weighted by Crippen LogP contribution is -2.46. The molecule has 1 amide bonds. The van der Waals surface area contributed by atoms with E-state index < -0.39 is 0 Å². The second-order valence-electron chi connectivity index (χ2n) is 5.73. The van der Waals surface area contributed by atoms with E-state index in [1.807, 2.05) is 18.7 Å². The van der Waals surface area contributed by atoms with E-state index in [2.05, 4.69) is 30.7 Å². The third kappa shape index (κ3) is 5.61. The number of carbonyl (C=O) groups excluding carboxylic acids is 1. The van der Waals surface area contributed by atoms with Gasteiger partial charge in [0.1, 0.15) is 0 Å². The summed E-state index contributed by atoms with van der Waals surface area (Å²) in [7, 11) is 0. The van der Waals surface area contributed by atoms with Crippen molar-refractivity contribution in [2.45, 2.75) is 63.8 Å². The number of hydrogen-bond donors (Lipinski definition) is 2. The summed E-state index contributed by atoms with van der Waals surface area (Å²) in [4.78, 5) is 11.9. The van der Waals surface area contributed by atoms with Crippen LogP contribution in [-0.2, 0) is 4.79 Å². The van der Waals surface area contributed by atoms with Crippen molar-refractivity contribution in [1.82, 2.24) is 10.6 Å². The van der Waals surface area contributed by atoms with Crippen LogP contribution in [0.2, 0.25) is 0 Å². The van der Waals surface area contributed by atoms with Crippen LogP contribution in [0.25, 0.3) is 0 Å². The average Bonchev–Trinajstić information content (AvgIpc) is 2.76. The minimum Gasteiger partial charge on any atom is -0.355 e. The van der Waals surface area contributed by atoms with Crippen molar-refractivity contribution in [3.8, 4) is 0 Å². The molecule has 0 aliphatic heterocycles. The van der Waals surface area contributed by atoms with E-state index in [1.165, 1.54) is 19.3 Å². The van der Waals surface area contributed by atoms with E-state index in [-0.39, 0.29) is 11.9 Å². The van der Waals surface area contributed by atoms with Crippen LogP contribution in [0.5, 0.6) is 0 Å². The highest BCUT2D eigenvalue weighted by atomic mass is 32.2. The second kappa shape index (κ2) is 8.05. The van der Waals surface area contributed by atoms with Crippen LogP contribution >= 0.6 is 11.8 Å². The fourth-order valence-corrected chi connectivity index (χ4v) is 3.17. The molecular formula is C14H28N2OS. The van der Waals surface area contributed by atoms with Gasteiger partial charge >= 0.3 is 0 Å². The minimum atomic E-state index is -0.0669. The topological polar surface area (TPSA) is 41.1 Å². The van der Waals surface area contributed by atoms with Gasteiger partial charge in [-0.3, -0.25) is 4.79 Å². The molecule has 18 heavy (non-hydrogen) atoms. The number of thioether (sulfide) groups is 1. The van der Waals surface area contributed by atoms with E-state index in [9.17, 15) is 4.79 Å². The molecule has 1 saturated carbocycles. The molecule has 0 aromatic carbocycles. The third-order valence-electron chi connectivity index (χ3n) is 3.62. The highest BCUT2D eigenvalue weighted by molar-refractivity contribution is 7.99. The van der Waals surface area contributed by atoms with Crippen molar-refractivity contribution < 1.29 is 4.79 Å². The van der Waals surface area contributed by atoms with Crippen molar-refractivity contribution in [2.75, 3.05) is 12.8 Å². The van der Waals surface area contributed by atoms with Gasteiger partial charge in [0.2, 0.25) is 5.91 Å². The molecule has 3 unspecified atom stereocenters. The first-order valence-electron chi connectivity index (χ1n) is 7.09. The first kappa shape index (κ1) is 15.8. The highest BCUT2D eigenvalue weighted by Gasteiger charge is 2.26. The molecule has 3 atom stereocenters. The molecule has 0 bridgehead atoms. The smallest absolute Gasteiger partial charge is 0.236 e. The molecule has 106 valence electrons. The zero-order chi connectivity index (χ0) is 13.5. The molecule has 2 N–H and O–H groups in total. The predicted octanol–water partition coefficient (Wildman–Crippen LogP) is 2.41. The molecular weight excluding hydrogens is 244 g/mol. The van der Waals surface area contributed by atoms with Crippen LogP contribution < -0.4 is 10.6 Å². The molecule has 1 aliphatic rings. The van der Waals surface area contributed by atoms with Gasteiger partial charge in [0.15, 0.2) is 0 Å². The van der Waals surface area contributed by atoms with Crippen molar-refractivity contribution in [2.24, 2.45) is 5.92 Å². The van der Waals surface area contributed by atoms with Gasteiger partial charge in [-0.25, -0.2) is 0 Å². The van der Waals surface area contributed by atoms with E-state index in [0.717, 1.165) is 18.2 Å². The van der Waals surface area contributed by atoms with Gasteiger partial charge in [0, 0.05) is 17.8 Å². The van der Waals surface area contributed by atoms with E-state index in [0.29, 0.717) is 12.0 Å². The van der Waals surface area contributed by atoms with Gasteiger partial charge in [-0.05, 0) is 44.8 Å². The number of hydrogen-bond acceptors (Lipinski definition) is 3. The standard InChI is InChI=1S/C14H28N2OS/c1-10(2)7-8-15-14(17)11(3)16-12-5-6-13(9-12)18-4/h10-13,16H,5-9H2,1-4H3,(H,15,17). The molecule has 0 radical (unpaired) electrons. The molecule has 4 heteroatoms. The molecule has 0 aromatic heterocycles. The SMILES string of the molecule is CSC1CCC(NC(C)C(=O)NCCC(C)C)C1. The van der Waals surface area contributed by atoms with E-state index >= 15 is 0 Å². The maximum atomic E-state index is 11.9. The van der Waals surface area contributed by atoms with Crippen LogP contribution in [0, 0.1) is 5.92 Å². The van der Waals surface area contributed by atoms with Crippen molar-refractivity contribution in [3.05, 3.63) is 0 Å². The summed E-state index contributed by atoms with van der Waals surface area (Å²) in [5, 5.41) is 7.24. The van der Waals surface area contributed by atoms with Crippen molar-refractivity contribution in [1.29, 1.82) is 0 Å². The Labute approximate surface area is 116 Å². The molecule has 0 aromatic rings. The summed E-state index contributed by atoms with van der Waals surface area (Å²) >= 11 is 1.95. The summed E-state index contributed by atoms with van der Waals surface area (Å²) in [6, 6.07) is 0.455. The van der Waals surface area contributed by atoms with E-state index in [4.69, 9.17) is 0 Å². The summed E-state index contributed by atoms with van der Waals surface area (Å²) in [6.45, 7) is 7.11. The van der Waals surface area contributed by atoms with Gasteiger partial charge < -0.3 is 10.6 Å². The lowest BCUT2D eigenvalue weighted by molar-refractivity contribution is -0.122. The normalized spacial score (nSPS) is 25.4. The number of nitrogens with one attached hydrogen (secondary N) is 2. The summed E-state index contributed by atoms with van der Waals surface area (Å²) in [6.07, 6.45) is 6.91. The molecule has 0 spiro atoms. The Hall–Kier alpha value is -0.220. The lowest BCUT2D eigenvalue weighted by Gasteiger charge is -2.19. The monoisotopic (exact) mass is 272 g/mol.